The number of carbonyl (C=O) groups excluding carboxylic acids is 1. The number of benzene rings is 1. The lowest BCUT2D eigenvalue weighted by Gasteiger charge is -2.37. The van der Waals surface area contributed by atoms with Gasteiger partial charge in [0.15, 0.2) is 0 Å². The summed E-state index contributed by atoms with van der Waals surface area (Å²) in [7, 11) is -1.42. The van der Waals surface area contributed by atoms with Crippen molar-refractivity contribution in [3.63, 3.8) is 0 Å². The van der Waals surface area contributed by atoms with Gasteiger partial charge >= 0.3 is 6.09 Å². The molecule has 0 saturated carbocycles. The van der Waals surface area contributed by atoms with Crippen molar-refractivity contribution >= 4 is 29.0 Å². The third kappa shape index (κ3) is 6.02. The SMILES string of the molecule is CC(C)(C)OC(=O)N1CCN(c2c(F)cccc2/C=N/S(=O)C(C)(C)C)CC1. The van der Waals surface area contributed by atoms with Crippen LogP contribution in [0.1, 0.15) is 47.1 Å². The van der Waals surface area contributed by atoms with E-state index in [2.05, 4.69) is 4.40 Å². The molecule has 0 spiro atoms. The third-order valence-corrected chi connectivity index (χ3v) is 5.42. The number of halogens is 1. The van der Waals surface area contributed by atoms with Gasteiger partial charge in [0, 0.05) is 38.0 Å². The van der Waals surface area contributed by atoms with Crippen LogP contribution in [0.2, 0.25) is 0 Å². The van der Waals surface area contributed by atoms with Crippen molar-refractivity contribution in [2.24, 2.45) is 4.40 Å². The molecule has 6 nitrogen and oxygen atoms in total. The molecule has 0 bridgehead atoms. The van der Waals surface area contributed by atoms with Gasteiger partial charge in [-0.2, -0.15) is 4.40 Å². The van der Waals surface area contributed by atoms with Crippen molar-refractivity contribution in [1.29, 1.82) is 0 Å². The molecule has 1 atom stereocenters. The Labute approximate surface area is 169 Å². The summed E-state index contributed by atoms with van der Waals surface area (Å²) < 4.78 is 35.8. The van der Waals surface area contributed by atoms with Crippen LogP contribution in [-0.4, -0.2) is 57.9 Å². The molecule has 8 heteroatoms. The number of amides is 1. The highest BCUT2D eigenvalue weighted by atomic mass is 32.2. The molecular weight excluding hydrogens is 381 g/mol. The van der Waals surface area contributed by atoms with Gasteiger partial charge in [-0.1, -0.05) is 12.1 Å². The van der Waals surface area contributed by atoms with Crippen LogP contribution in [0.5, 0.6) is 0 Å². The second-order valence-corrected chi connectivity index (χ2v) is 10.7. The molecule has 2 rings (SSSR count). The molecule has 0 aliphatic carbocycles. The molecule has 1 saturated heterocycles. The van der Waals surface area contributed by atoms with Gasteiger partial charge in [-0.3, -0.25) is 0 Å². The summed E-state index contributed by atoms with van der Waals surface area (Å²) in [6.07, 6.45) is 1.11. The number of anilines is 1. The molecule has 1 fully saturated rings. The Morgan fingerprint density at radius 3 is 2.29 bits per heavy atom. The van der Waals surface area contributed by atoms with E-state index in [1.807, 2.05) is 46.4 Å². The Bertz CT molecular complexity index is 761. The summed E-state index contributed by atoms with van der Waals surface area (Å²) in [5.41, 5.74) is 0.441. The van der Waals surface area contributed by atoms with E-state index in [-0.39, 0.29) is 11.9 Å². The molecule has 28 heavy (non-hydrogen) atoms. The first-order valence-corrected chi connectivity index (χ1v) is 10.5. The topological polar surface area (TPSA) is 62.2 Å². The molecule has 1 aromatic rings. The first-order valence-electron chi connectivity index (χ1n) is 9.36. The van der Waals surface area contributed by atoms with Crippen molar-refractivity contribution < 1.29 is 18.1 Å². The Balaban J connectivity index is 2.14. The Morgan fingerprint density at radius 1 is 1.14 bits per heavy atom. The van der Waals surface area contributed by atoms with Gasteiger partial charge in [0.2, 0.25) is 0 Å². The number of piperazine rings is 1. The molecule has 1 heterocycles. The molecule has 1 unspecified atom stereocenters. The normalized spacial score (nSPS) is 17.1. The lowest BCUT2D eigenvalue weighted by atomic mass is 10.1. The lowest BCUT2D eigenvalue weighted by molar-refractivity contribution is 0.0240. The summed E-state index contributed by atoms with van der Waals surface area (Å²) >= 11 is 0. The Morgan fingerprint density at radius 2 is 1.75 bits per heavy atom. The average Bonchev–Trinajstić information content (AvgIpc) is 2.57. The molecular formula is C20H30FN3O3S. The number of hydrogen-bond acceptors (Lipinski definition) is 4. The number of ether oxygens (including phenoxy) is 1. The first kappa shape index (κ1) is 22.3. The number of rotatable bonds is 3. The fourth-order valence-electron chi connectivity index (χ4n) is 2.67. The van der Waals surface area contributed by atoms with E-state index in [1.165, 1.54) is 12.3 Å². The summed E-state index contributed by atoms with van der Waals surface area (Å²) in [4.78, 5) is 15.7. The summed E-state index contributed by atoms with van der Waals surface area (Å²) in [5, 5.41) is 0. The first-order chi connectivity index (χ1) is 12.9. The van der Waals surface area contributed by atoms with Crippen LogP contribution in [-0.2, 0) is 15.7 Å². The monoisotopic (exact) mass is 411 g/mol. The minimum Gasteiger partial charge on any atom is -0.444 e. The average molecular weight is 412 g/mol. The third-order valence-electron chi connectivity index (χ3n) is 4.08. The van der Waals surface area contributed by atoms with Crippen LogP contribution >= 0.6 is 0 Å². The molecule has 156 valence electrons. The summed E-state index contributed by atoms with van der Waals surface area (Å²) in [6.45, 7) is 12.8. The number of nitrogens with zero attached hydrogens (tertiary/aromatic N) is 3. The molecule has 0 N–H and O–H groups in total. The van der Waals surface area contributed by atoms with E-state index >= 15 is 0 Å². The van der Waals surface area contributed by atoms with Crippen molar-refractivity contribution in [2.75, 3.05) is 31.1 Å². The highest BCUT2D eigenvalue weighted by Crippen LogP contribution is 2.25. The minimum atomic E-state index is -1.42. The van der Waals surface area contributed by atoms with Crippen molar-refractivity contribution in [3.05, 3.63) is 29.6 Å². The summed E-state index contributed by atoms with van der Waals surface area (Å²) in [6, 6.07) is 4.76. The molecule has 1 aromatic carbocycles. The van der Waals surface area contributed by atoms with Crippen LogP contribution in [0.3, 0.4) is 0 Å². The van der Waals surface area contributed by atoms with Crippen LogP contribution in [0, 0.1) is 5.82 Å². The highest BCUT2D eigenvalue weighted by molar-refractivity contribution is 7.85. The van der Waals surface area contributed by atoms with Crippen LogP contribution in [0.25, 0.3) is 0 Å². The smallest absolute Gasteiger partial charge is 0.410 e. The standard InChI is InChI=1S/C20H30FN3O3S/c1-19(2,3)27-18(25)24-12-10-23(11-13-24)17-15(8-7-9-16(17)21)14-22-28(26)20(4,5)6/h7-9,14H,10-13H2,1-6H3/b22-14+. The second kappa shape index (κ2) is 8.59. The molecule has 0 radical (unpaired) electrons. The molecule has 0 aromatic heterocycles. The van der Waals surface area contributed by atoms with Gasteiger partial charge in [-0.15, -0.1) is 0 Å². The zero-order valence-corrected chi connectivity index (χ0v) is 18.3. The van der Waals surface area contributed by atoms with E-state index in [4.69, 9.17) is 4.74 Å². The van der Waals surface area contributed by atoms with Gasteiger partial charge in [-0.25, -0.2) is 13.4 Å². The van der Waals surface area contributed by atoms with Crippen molar-refractivity contribution in [3.8, 4) is 0 Å². The van der Waals surface area contributed by atoms with E-state index < -0.39 is 21.3 Å². The van der Waals surface area contributed by atoms with Gasteiger partial charge in [-0.05, 0) is 47.6 Å². The number of carbonyl (C=O) groups is 1. The number of para-hydroxylation sites is 1. The van der Waals surface area contributed by atoms with E-state index in [0.29, 0.717) is 37.4 Å². The molecule has 1 amide bonds. The van der Waals surface area contributed by atoms with Gasteiger partial charge in [0.05, 0.1) is 10.4 Å². The van der Waals surface area contributed by atoms with Gasteiger partial charge in [0.25, 0.3) is 0 Å². The zero-order chi connectivity index (χ0) is 21.1. The fourth-order valence-corrected chi connectivity index (χ4v) is 3.20. The van der Waals surface area contributed by atoms with Crippen molar-refractivity contribution in [1.82, 2.24) is 4.90 Å². The zero-order valence-electron chi connectivity index (χ0n) is 17.5. The van der Waals surface area contributed by atoms with Gasteiger partial charge < -0.3 is 14.5 Å². The number of hydrogen-bond donors (Lipinski definition) is 0. The van der Waals surface area contributed by atoms with Crippen molar-refractivity contribution in [2.45, 2.75) is 51.9 Å². The van der Waals surface area contributed by atoms with E-state index in [0.717, 1.165) is 0 Å². The molecule has 1 aliphatic rings. The predicted octanol–water partition coefficient (Wildman–Crippen LogP) is 3.76. The minimum absolute atomic E-state index is 0.358. The van der Waals surface area contributed by atoms with Crippen LogP contribution < -0.4 is 4.90 Å². The Kier molecular flexibility index (Phi) is 6.85. The quantitative estimate of drug-likeness (QED) is 0.711. The van der Waals surface area contributed by atoms with E-state index in [9.17, 15) is 13.4 Å². The maximum atomic E-state index is 14.6. The Hall–Kier alpha value is -1.96. The lowest BCUT2D eigenvalue weighted by Crippen LogP contribution is -2.50. The maximum absolute atomic E-state index is 14.6. The largest absolute Gasteiger partial charge is 0.444 e. The highest BCUT2D eigenvalue weighted by Gasteiger charge is 2.27. The summed E-state index contributed by atoms with van der Waals surface area (Å²) in [5.74, 6) is -0.365. The second-order valence-electron chi connectivity index (χ2n) is 8.73. The predicted molar refractivity (Wildman–Crippen MR) is 112 cm³/mol. The van der Waals surface area contributed by atoms with Crippen LogP contribution in [0.15, 0.2) is 22.6 Å². The fraction of sp³-hybridized carbons (Fsp3) is 0.600. The van der Waals surface area contributed by atoms with Gasteiger partial charge in [0.1, 0.15) is 22.4 Å². The maximum Gasteiger partial charge on any atom is 0.410 e. The van der Waals surface area contributed by atoms with E-state index in [1.54, 1.807) is 17.0 Å². The molecule has 1 aliphatic heterocycles. The van der Waals surface area contributed by atoms with Crippen LogP contribution in [0.4, 0.5) is 14.9 Å².